The number of hydrogen-bond donors (Lipinski definition) is 0. The van der Waals surface area contributed by atoms with E-state index in [0.717, 1.165) is 32.1 Å². The quantitative estimate of drug-likeness (QED) is 0.614. The zero-order chi connectivity index (χ0) is 9.10. The molecule has 0 spiro atoms. The van der Waals surface area contributed by atoms with Gasteiger partial charge in [-0.3, -0.25) is 4.90 Å². The van der Waals surface area contributed by atoms with Crippen LogP contribution in [-0.2, 0) is 0 Å². The van der Waals surface area contributed by atoms with Gasteiger partial charge in [0.2, 0.25) is 5.95 Å². The maximum Gasteiger partial charge on any atom is 0.225 e. The first-order valence-electron chi connectivity index (χ1n) is 4.38. The minimum Gasteiger partial charge on any atom is -0.338 e. The zero-order valence-corrected chi connectivity index (χ0v) is 7.43. The molecule has 0 bridgehead atoms. The largest absolute Gasteiger partial charge is 0.338 e. The molecule has 1 aliphatic heterocycles. The van der Waals surface area contributed by atoms with Gasteiger partial charge in [-0.05, 0) is 6.07 Å². The molecule has 2 rings (SSSR count). The number of aromatic nitrogens is 2. The third-order valence-corrected chi connectivity index (χ3v) is 2.15. The Hall–Kier alpha value is -1.16. The van der Waals surface area contributed by atoms with Crippen LogP contribution >= 0.6 is 0 Å². The number of rotatable bonds is 1. The highest BCUT2D eigenvalue weighted by Crippen LogP contribution is 2.08. The van der Waals surface area contributed by atoms with Gasteiger partial charge < -0.3 is 4.90 Å². The minimum absolute atomic E-state index is 0.801. The maximum absolute atomic E-state index is 5.64. The van der Waals surface area contributed by atoms with E-state index < -0.39 is 0 Å². The van der Waals surface area contributed by atoms with Crippen LogP contribution in [0.4, 0.5) is 5.95 Å². The molecule has 1 aliphatic rings. The van der Waals surface area contributed by atoms with Gasteiger partial charge in [-0.2, -0.15) is 0 Å². The van der Waals surface area contributed by atoms with Crippen LogP contribution in [0.5, 0.6) is 0 Å². The Bertz CT molecular complexity index is 254. The Labute approximate surface area is 78.2 Å². The lowest BCUT2D eigenvalue weighted by molar-refractivity contribution is 0.342. The van der Waals surface area contributed by atoms with Crippen molar-refractivity contribution in [2.45, 2.75) is 0 Å². The number of anilines is 1. The van der Waals surface area contributed by atoms with E-state index >= 15 is 0 Å². The molecular formula is C9H12N4. The first kappa shape index (κ1) is 8.44. The smallest absolute Gasteiger partial charge is 0.225 e. The summed E-state index contributed by atoms with van der Waals surface area (Å²) in [6.07, 6.45) is 3.52. The molecule has 0 saturated carbocycles. The molecule has 4 nitrogen and oxygen atoms in total. The molecule has 1 saturated heterocycles. The Morgan fingerprint density at radius 3 is 2.31 bits per heavy atom. The van der Waals surface area contributed by atoms with Crippen LogP contribution < -0.4 is 4.90 Å². The molecule has 1 aromatic heterocycles. The highest BCUT2D eigenvalue weighted by molar-refractivity contribution is 5.29. The van der Waals surface area contributed by atoms with E-state index in [-0.39, 0.29) is 0 Å². The van der Waals surface area contributed by atoms with Crippen molar-refractivity contribution in [1.29, 1.82) is 0 Å². The van der Waals surface area contributed by atoms with Crippen LogP contribution in [0.3, 0.4) is 0 Å². The summed E-state index contributed by atoms with van der Waals surface area (Å²) in [6, 6.07) is 1.82. The van der Waals surface area contributed by atoms with Crippen molar-refractivity contribution in [1.82, 2.24) is 14.9 Å². The number of hydrogen-bond acceptors (Lipinski definition) is 4. The molecule has 13 heavy (non-hydrogen) atoms. The van der Waals surface area contributed by atoms with E-state index in [1.807, 2.05) is 11.0 Å². The fourth-order valence-electron chi connectivity index (χ4n) is 1.38. The first-order chi connectivity index (χ1) is 6.36. The first-order valence-corrected chi connectivity index (χ1v) is 4.38. The fraction of sp³-hybridized carbons (Fsp3) is 0.444. The van der Waals surface area contributed by atoms with Gasteiger partial charge in [0, 0.05) is 45.6 Å². The van der Waals surface area contributed by atoms with Crippen LogP contribution in [0, 0.1) is 7.05 Å². The molecule has 0 atom stereocenters. The molecule has 68 valence electrons. The van der Waals surface area contributed by atoms with E-state index in [4.69, 9.17) is 7.05 Å². The van der Waals surface area contributed by atoms with Crippen LogP contribution in [0.1, 0.15) is 0 Å². The summed E-state index contributed by atoms with van der Waals surface area (Å²) < 4.78 is 0. The molecule has 4 heteroatoms. The predicted octanol–water partition coefficient (Wildman–Crippen LogP) is 0.267. The lowest BCUT2D eigenvalue weighted by Gasteiger charge is -2.31. The number of nitrogens with zero attached hydrogens (tertiary/aromatic N) is 4. The summed E-state index contributed by atoms with van der Waals surface area (Å²) in [4.78, 5) is 12.3. The molecule has 2 heterocycles. The van der Waals surface area contributed by atoms with Crippen molar-refractivity contribution in [3.8, 4) is 0 Å². The molecule has 0 N–H and O–H groups in total. The Balaban J connectivity index is 2.03. The van der Waals surface area contributed by atoms with E-state index in [9.17, 15) is 0 Å². The van der Waals surface area contributed by atoms with Gasteiger partial charge in [0.15, 0.2) is 0 Å². The second kappa shape index (κ2) is 3.70. The van der Waals surface area contributed by atoms with Gasteiger partial charge in [0.25, 0.3) is 0 Å². The molecule has 0 unspecified atom stereocenters. The Morgan fingerprint density at radius 1 is 1.08 bits per heavy atom. The molecule has 0 aliphatic carbocycles. The second-order valence-electron chi connectivity index (χ2n) is 3.07. The van der Waals surface area contributed by atoms with Crippen LogP contribution in [0.25, 0.3) is 0 Å². The van der Waals surface area contributed by atoms with Crippen molar-refractivity contribution < 1.29 is 0 Å². The SMILES string of the molecule is [CH]N1CCN(c2ncccn2)CC1. The van der Waals surface area contributed by atoms with Crippen molar-refractivity contribution in [2.75, 3.05) is 31.1 Å². The van der Waals surface area contributed by atoms with Gasteiger partial charge in [-0.1, -0.05) is 0 Å². The second-order valence-corrected chi connectivity index (χ2v) is 3.07. The summed E-state index contributed by atoms with van der Waals surface area (Å²) in [5.41, 5.74) is 0. The average Bonchev–Trinajstić information content (AvgIpc) is 2.20. The monoisotopic (exact) mass is 176 g/mol. The van der Waals surface area contributed by atoms with Gasteiger partial charge in [0.1, 0.15) is 0 Å². The highest BCUT2D eigenvalue weighted by Gasteiger charge is 2.15. The van der Waals surface area contributed by atoms with Crippen LogP contribution in [-0.4, -0.2) is 41.0 Å². The molecule has 2 radical (unpaired) electrons. The molecule has 1 aromatic rings. The Morgan fingerprint density at radius 2 is 1.69 bits per heavy atom. The van der Waals surface area contributed by atoms with Gasteiger partial charge in [-0.15, -0.1) is 0 Å². The molecule has 1 fully saturated rings. The lowest BCUT2D eigenvalue weighted by Crippen LogP contribution is -2.44. The van der Waals surface area contributed by atoms with Crippen LogP contribution in [0.2, 0.25) is 0 Å². The minimum atomic E-state index is 0.801. The van der Waals surface area contributed by atoms with Crippen molar-refractivity contribution >= 4 is 5.95 Å². The normalized spacial score (nSPS) is 19.0. The van der Waals surface area contributed by atoms with E-state index in [1.54, 1.807) is 12.4 Å². The highest BCUT2D eigenvalue weighted by atomic mass is 15.3. The van der Waals surface area contributed by atoms with Crippen molar-refractivity contribution in [3.05, 3.63) is 25.5 Å². The lowest BCUT2D eigenvalue weighted by atomic mass is 10.3. The number of piperazine rings is 1. The standard InChI is InChI=1S/C9H12N4/c1-12-5-7-13(8-6-12)9-10-3-2-4-11-9/h1-4H,5-8H2. The van der Waals surface area contributed by atoms with Crippen molar-refractivity contribution in [2.24, 2.45) is 0 Å². The molecule has 0 aromatic carbocycles. The van der Waals surface area contributed by atoms with Gasteiger partial charge in [0.05, 0.1) is 0 Å². The summed E-state index contributed by atoms with van der Waals surface area (Å²) in [7, 11) is 5.64. The van der Waals surface area contributed by atoms with E-state index in [2.05, 4.69) is 14.9 Å². The van der Waals surface area contributed by atoms with Gasteiger partial charge >= 0.3 is 0 Å². The summed E-state index contributed by atoms with van der Waals surface area (Å²) >= 11 is 0. The molecule has 0 amide bonds. The molecular weight excluding hydrogens is 164 g/mol. The summed E-state index contributed by atoms with van der Waals surface area (Å²) in [5.74, 6) is 0.801. The fourth-order valence-corrected chi connectivity index (χ4v) is 1.38. The van der Waals surface area contributed by atoms with Gasteiger partial charge in [-0.25, -0.2) is 9.97 Å². The summed E-state index contributed by atoms with van der Waals surface area (Å²) in [6.45, 7) is 3.55. The van der Waals surface area contributed by atoms with E-state index in [0.29, 0.717) is 0 Å². The summed E-state index contributed by atoms with van der Waals surface area (Å²) in [5, 5.41) is 0. The topological polar surface area (TPSA) is 32.3 Å². The maximum atomic E-state index is 5.64. The third kappa shape index (κ3) is 1.95. The van der Waals surface area contributed by atoms with Crippen molar-refractivity contribution in [3.63, 3.8) is 0 Å². The Kier molecular flexibility index (Phi) is 2.40. The zero-order valence-electron chi connectivity index (χ0n) is 7.43. The average molecular weight is 176 g/mol. The van der Waals surface area contributed by atoms with E-state index in [1.165, 1.54) is 0 Å². The van der Waals surface area contributed by atoms with Crippen LogP contribution in [0.15, 0.2) is 18.5 Å². The predicted molar refractivity (Wildman–Crippen MR) is 50.1 cm³/mol. The third-order valence-electron chi connectivity index (χ3n) is 2.15.